The Balaban J connectivity index is 2.07. The first-order valence-corrected chi connectivity index (χ1v) is 5.89. The number of rotatable bonds is 2. The monoisotopic (exact) mass is 271 g/mol. The number of aromatic hydroxyl groups is 1. The minimum atomic E-state index is -0.491. The Kier molecular flexibility index (Phi) is 2.90. The van der Waals surface area contributed by atoms with Crippen LogP contribution in [0.1, 0.15) is 5.56 Å². The maximum Gasteiger partial charge on any atom is 0.262 e. The van der Waals surface area contributed by atoms with Crippen molar-refractivity contribution in [2.24, 2.45) is 0 Å². The fourth-order valence-corrected chi connectivity index (χ4v) is 1.82. The Hall–Kier alpha value is -2.76. The van der Waals surface area contributed by atoms with Crippen molar-refractivity contribution >= 4 is 0 Å². The number of hydrogen-bond acceptors (Lipinski definition) is 5. The third-order valence-electron chi connectivity index (χ3n) is 2.90. The molecule has 2 aromatic heterocycles. The summed E-state index contributed by atoms with van der Waals surface area (Å²) in [5.41, 5.74) is 1.82. The minimum absolute atomic E-state index is 0.0558. The van der Waals surface area contributed by atoms with Crippen LogP contribution in [0, 0.1) is 12.7 Å². The Morgan fingerprint density at radius 3 is 2.85 bits per heavy atom. The number of benzene rings is 1. The van der Waals surface area contributed by atoms with Crippen molar-refractivity contribution < 1.29 is 14.0 Å². The van der Waals surface area contributed by atoms with Gasteiger partial charge in [0.05, 0.1) is 5.56 Å². The number of phenols is 1. The molecule has 0 bridgehead atoms. The zero-order valence-electron chi connectivity index (χ0n) is 10.5. The number of halogens is 1. The highest BCUT2D eigenvalue weighted by molar-refractivity contribution is 5.65. The van der Waals surface area contributed by atoms with Crippen LogP contribution in [0.2, 0.25) is 0 Å². The molecule has 0 aliphatic carbocycles. The summed E-state index contributed by atoms with van der Waals surface area (Å²) in [6.45, 7) is 1.90. The molecule has 0 saturated carbocycles. The van der Waals surface area contributed by atoms with Gasteiger partial charge in [0.15, 0.2) is 0 Å². The molecule has 20 heavy (non-hydrogen) atoms. The van der Waals surface area contributed by atoms with Crippen LogP contribution in [-0.2, 0) is 0 Å². The molecule has 3 aromatic rings. The van der Waals surface area contributed by atoms with Crippen LogP contribution in [0.5, 0.6) is 5.75 Å². The summed E-state index contributed by atoms with van der Waals surface area (Å²) in [6.07, 6.45) is 3.29. The van der Waals surface area contributed by atoms with Gasteiger partial charge in [0.2, 0.25) is 5.82 Å². The van der Waals surface area contributed by atoms with Crippen molar-refractivity contribution in [3.05, 3.63) is 48.0 Å². The Morgan fingerprint density at radius 2 is 2.05 bits per heavy atom. The standard InChI is InChI=1S/C14H10FN3O2/c1-8-4-5-16-7-11(8)13-17-14(20-18-13)10-6-9(15)2-3-12(10)19/h2-7,19H,1H3. The molecule has 0 fully saturated rings. The van der Waals surface area contributed by atoms with Crippen LogP contribution in [0.4, 0.5) is 4.39 Å². The number of phenolic OH excluding ortho intramolecular Hbond substituents is 1. The molecule has 0 unspecified atom stereocenters. The lowest BCUT2D eigenvalue weighted by atomic mass is 10.1. The van der Waals surface area contributed by atoms with Gasteiger partial charge in [-0.3, -0.25) is 4.98 Å². The minimum Gasteiger partial charge on any atom is -0.507 e. The highest BCUT2D eigenvalue weighted by Crippen LogP contribution is 2.30. The van der Waals surface area contributed by atoms with E-state index in [1.54, 1.807) is 12.4 Å². The fourth-order valence-electron chi connectivity index (χ4n) is 1.82. The molecule has 5 nitrogen and oxygen atoms in total. The molecule has 6 heteroatoms. The van der Waals surface area contributed by atoms with Gasteiger partial charge in [-0.05, 0) is 36.8 Å². The summed E-state index contributed by atoms with van der Waals surface area (Å²) in [6, 6.07) is 5.36. The van der Waals surface area contributed by atoms with E-state index < -0.39 is 5.82 Å². The molecule has 2 heterocycles. The highest BCUT2D eigenvalue weighted by Gasteiger charge is 2.15. The maximum absolute atomic E-state index is 13.2. The van der Waals surface area contributed by atoms with E-state index in [1.807, 2.05) is 13.0 Å². The molecule has 100 valence electrons. The van der Waals surface area contributed by atoms with Crippen LogP contribution >= 0.6 is 0 Å². The summed E-state index contributed by atoms with van der Waals surface area (Å²) in [5.74, 6) is -0.214. The summed E-state index contributed by atoms with van der Waals surface area (Å²) in [4.78, 5) is 8.17. The van der Waals surface area contributed by atoms with Gasteiger partial charge in [-0.1, -0.05) is 5.16 Å². The molecule has 0 amide bonds. The zero-order chi connectivity index (χ0) is 14.1. The first-order chi connectivity index (χ1) is 9.65. The van der Waals surface area contributed by atoms with E-state index in [0.717, 1.165) is 23.3 Å². The molecule has 0 radical (unpaired) electrons. The van der Waals surface area contributed by atoms with Gasteiger partial charge in [-0.25, -0.2) is 4.39 Å². The Labute approximate surface area is 113 Å². The van der Waals surface area contributed by atoms with Crippen molar-refractivity contribution in [3.63, 3.8) is 0 Å². The van der Waals surface area contributed by atoms with E-state index in [-0.39, 0.29) is 17.2 Å². The molecule has 0 atom stereocenters. The summed E-state index contributed by atoms with van der Waals surface area (Å²) in [7, 11) is 0. The van der Waals surface area contributed by atoms with E-state index in [0.29, 0.717) is 5.82 Å². The van der Waals surface area contributed by atoms with Crippen molar-refractivity contribution in [2.75, 3.05) is 0 Å². The lowest BCUT2D eigenvalue weighted by Crippen LogP contribution is -1.87. The molecule has 1 N–H and O–H groups in total. The van der Waals surface area contributed by atoms with Crippen LogP contribution < -0.4 is 0 Å². The van der Waals surface area contributed by atoms with Crippen LogP contribution in [0.3, 0.4) is 0 Å². The Bertz CT molecular complexity index is 771. The number of aryl methyl sites for hydroxylation is 1. The van der Waals surface area contributed by atoms with Crippen LogP contribution in [0.15, 0.2) is 41.2 Å². The lowest BCUT2D eigenvalue weighted by molar-refractivity contribution is 0.425. The second kappa shape index (κ2) is 4.73. The van der Waals surface area contributed by atoms with Crippen molar-refractivity contribution in [1.29, 1.82) is 0 Å². The molecule has 0 aliphatic rings. The van der Waals surface area contributed by atoms with Crippen molar-refractivity contribution in [3.8, 4) is 28.6 Å². The second-order valence-electron chi connectivity index (χ2n) is 4.28. The first-order valence-electron chi connectivity index (χ1n) is 5.89. The van der Waals surface area contributed by atoms with Crippen molar-refractivity contribution in [2.45, 2.75) is 6.92 Å². The van der Waals surface area contributed by atoms with Gasteiger partial charge in [0.1, 0.15) is 11.6 Å². The van der Waals surface area contributed by atoms with E-state index in [1.165, 1.54) is 6.07 Å². The Morgan fingerprint density at radius 1 is 1.20 bits per heavy atom. The topological polar surface area (TPSA) is 72.0 Å². The molecule has 0 spiro atoms. The van der Waals surface area contributed by atoms with E-state index in [4.69, 9.17) is 4.52 Å². The van der Waals surface area contributed by atoms with Gasteiger partial charge in [0.25, 0.3) is 5.89 Å². The zero-order valence-corrected chi connectivity index (χ0v) is 10.5. The second-order valence-corrected chi connectivity index (χ2v) is 4.28. The highest BCUT2D eigenvalue weighted by atomic mass is 19.1. The average Bonchev–Trinajstić information content (AvgIpc) is 2.91. The fraction of sp³-hybridized carbons (Fsp3) is 0.0714. The molecule has 3 rings (SSSR count). The van der Waals surface area contributed by atoms with Gasteiger partial charge < -0.3 is 9.63 Å². The average molecular weight is 271 g/mol. The molecule has 0 saturated heterocycles. The van der Waals surface area contributed by atoms with Gasteiger partial charge in [0, 0.05) is 18.0 Å². The molecular formula is C14H10FN3O2. The number of aromatic nitrogens is 3. The van der Waals surface area contributed by atoms with Crippen LogP contribution in [-0.4, -0.2) is 20.2 Å². The summed E-state index contributed by atoms with van der Waals surface area (Å²) in [5, 5.41) is 13.6. The van der Waals surface area contributed by atoms with Gasteiger partial charge >= 0.3 is 0 Å². The smallest absolute Gasteiger partial charge is 0.262 e. The number of hydrogen-bond donors (Lipinski definition) is 1. The van der Waals surface area contributed by atoms with Crippen molar-refractivity contribution in [1.82, 2.24) is 15.1 Å². The third-order valence-corrected chi connectivity index (χ3v) is 2.90. The van der Waals surface area contributed by atoms with Gasteiger partial charge in [-0.15, -0.1) is 0 Å². The largest absolute Gasteiger partial charge is 0.507 e. The summed E-state index contributed by atoms with van der Waals surface area (Å²) >= 11 is 0. The predicted octanol–water partition coefficient (Wildman–Crippen LogP) is 2.95. The quantitative estimate of drug-likeness (QED) is 0.775. The van der Waals surface area contributed by atoms with E-state index in [9.17, 15) is 9.50 Å². The third kappa shape index (κ3) is 2.11. The van der Waals surface area contributed by atoms with E-state index in [2.05, 4.69) is 15.1 Å². The lowest BCUT2D eigenvalue weighted by Gasteiger charge is -1.99. The molecular weight excluding hydrogens is 261 g/mol. The first kappa shape index (κ1) is 12.3. The summed E-state index contributed by atoms with van der Waals surface area (Å²) < 4.78 is 18.3. The number of nitrogens with zero attached hydrogens (tertiary/aromatic N) is 3. The maximum atomic E-state index is 13.2. The predicted molar refractivity (Wildman–Crippen MR) is 69.3 cm³/mol. The normalized spacial score (nSPS) is 10.7. The van der Waals surface area contributed by atoms with Gasteiger partial charge in [-0.2, -0.15) is 4.98 Å². The van der Waals surface area contributed by atoms with E-state index >= 15 is 0 Å². The molecule has 1 aromatic carbocycles. The SMILES string of the molecule is Cc1ccncc1-c1noc(-c2cc(F)ccc2O)n1. The van der Waals surface area contributed by atoms with Crippen LogP contribution in [0.25, 0.3) is 22.8 Å². The molecule has 0 aliphatic heterocycles. The number of pyridine rings is 1.